The van der Waals surface area contributed by atoms with Crippen LogP contribution in [-0.2, 0) is 12.4 Å². The molecule has 2 nitrogen and oxygen atoms in total. The Kier molecular flexibility index (Phi) is 5.15. The van der Waals surface area contributed by atoms with E-state index < -0.39 is 35.0 Å². The van der Waals surface area contributed by atoms with Gasteiger partial charge < -0.3 is 4.90 Å². The Morgan fingerprint density at radius 3 is 2.00 bits per heavy atom. The minimum Gasteiger partial charge on any atom is -0.339 e. The largest absolute Gasteiger partial charge is 0.416 e. The topological polar surface area (TPSA) is 20.3 Å². The van der Waals surface area contributed by atoms with Crippen molar-refractivity contribution in [2.45, 2.75) is 38.5 Å². The number of hydrogen-bond acceptors (Lipinski definition) is 1. The molecule has 1 saturated heterocycles. The smallest absolute Gasteiger partial charge is 0.339 e. The molecular formula is C16H17F6NO. The van der Waals surface area contributed by atoms with Crippen molar-refractivity contribution >= 4 is 5.91 Å². The molecule has 0 radical (unpaired) electrons. The molecule has 2 rings (SSSR count). The van der Waals surface area contributed by atoms with Crippen LogP contribution in [0.25, 0.3) is 0 Å². The predicted octanol–water partition coefficient (Wildman–Crippen LogP) is 4.99. The van der Waals surface area contributed by atoms with Crippen LogP contribution in [0, 0.1) is 5.92 Å². The molecule has 0 saturated carbocycles. The van der Waals surface area contributed by atoms with Crippen molar-refractivity contribution in [1.82, 2.24) is 4.90 Å². The zero-order valence-electron chi connectivity index (χ0n) is 13.0. The van der Waals surface area contributed by atoms with Crippen LogP contribution in [0.2, 0.25) is 0 Å². The molecule has 0 spiro atoms. The molecule has 1 aliphatic rings. The zero-order chi connectivity index (χ0) is 18.1. The van der Waals surface area contributed by atoms with Gasteiger partial charge >= 0.3 is 12.4 Å². The van der Waals surface area contributed by atoms with Gasteiger partial charge in [0.15, 0.2) is 0 Å². The number of carbonyl (C=O) groups excluding carboxylic acids is 1. The molecule has 0 aliphatic carbocycles. The van der Waals surface area contributed by atoms with Crippen molar-refractivity contribution in [3.63, 3.8) is 0 Å². The summed E-state index contributed by atoms with van der Waals surface area (Å²) in [6.45, 7) is 2.67. The van der Waals surface area contributed by atoms with E-state index >= 15 is 0 Å². The van der Waals surface area contributed by atoms with Gasteiger partial charge in [0.25, 0.3) is 5.91 Å². The van der Waals surface area contributed by atoms with Crippen molar-refractivity contribution in [1.29, 1.82) is 0 Å². The van der Waals surface area contributed by atoms with Crippen LogP contribution in [0.1, 0.15) is 47.7 Å². The fourth-order valence-corrected chi connectivity index (χ4v) is 2.73. The van der Waals surface area contributed by atoms with E-state index in [1.165, 1.54) is 4.90 Å². The first-order valence-corrected chi connectivity index (χ1v) is 7.57. The highest BCUT2D eigenvalue weighted by atomic mass is 19.4. The number of halogens is 6. The molecule has 0 aromatic heterocycles. The summed E-state index contributed by atoms with van der Waals surface area (Å²) >= 11 is 0. The molecule has 1 heterocycles. The number of carbonyl (C=O) groups is 1. The summed E-state index contributed by atoms with van der Waals surface area (Å²) in [7, 11) is 0. The van der Waals surface area contributed by atoms with E-state index in [2.05, 4.69) is 0 Å². The maximum absolute atomic E-state index is 12.9. The molecule has 1 aliphatic heterocycles. The SMILES string of the molecule is CC1CCCN(C(=O)c2cc(C(F)(F)F)cc(C(F)(F)F)c2)CC1. The summed E-state index contributed by atoms with van der Waals surface area (Å²) in [5.74, 6) is -0.421. The highest BCUT2D eigenvalue weighted by molar-refractivity contribution is 5.94. The summed E-state index contributed by atoms with van der Waals surface area (Å²) in [6, 6.07) is 1.01. The standard InChI is InChI=1S/C16H17F6NO/c1-10-3-2-5-23(6-4-10)14(24)11-7-12(15(17,18)19)9-13(8-11)16(20,21)22/h7-10H,2-6H2,1H3. The lowest BCUT2D eigenvalue weighted by Gasteiger charge is -2.22. The molecule has 1 aromatic rings. The molecule has 1 amide bonds. The highest BCUT2D eigenvalue weighted by Crippen LogP contribution is 2.36. The van der Waals surface area contributed by atoms with Gasteiger partial charge in [0.05, 0.1) is 11.1 Å². The molecule has 8 heteroatoms. The molecule has 1 atom stereocenters. The second kappa shape index (κ2) is 6.64. The number of rotatable bonds is 1. The Hall–Kier alpha value is -1.73. The van der Waals surface area contributed by atoms with Gasteiger partial charge in [-0.05, 0) is 43.4 Å². The third kappa shape index (κ3) is 4.42. The fraction of sp³-hybridized carbons (Fsp3) is 0.562. The van der Waals surface area contributed by atoms with Crippen molar-refractivity contribution < 1.29 is 31.1 Å². The van der Waals surface area contributed by atoms with E-state index in [1.54, 1.807) is 0 Å². The fourth-order valence-electron chi connectivity index (χ4n) is 2.73. The summed E-state index contributed by atoms with van der Waals surface area (Å²) in [6.07, 6.45) is -7.68. The maximum atomic E-state index is 12.9. The third-order valence-corrected chi connectivity index (χ3v) is 4.14. The normalized spacial score (nSPS) is 20.0. The van der Waals surface area contributed by atoms with E-state index in [1.807, 2.05) is 6.92 Å². The first-order chi connectivity index (χ1) is 11.0. The summed E-state index contributed by atoms with van der Waals surface area (Å²) < 4.78 is 77.2. The minimum atomic E-state index is -4.95. The lowest BCUT2D eigenvalue weighted by Crippen LogP contribution is -2.32. The van der Waals surface area contributed by atoms with Crippen LogP contribution < -0.4 is 0 Å². The third-order valence-electron chi connectivity index (χ3n) is 4.14. The summed E-state index contributed by atoms with van der Waals surface area (Å²) in [4.78, 5) is 13.7. The Bertz CT molecular complexity index is 575. The Labute approximate surface area is 135 Å². The number of amides is 1. The summed E-state index contributed by atoms with van der Waals surface area (Å²) in [5.41, 5.74) is -3.51. The van der Waals surface area contributed by atoms with Gasteiger partial charge in [-0.25, -0.2) is 0 Å². The Morgan fingerprint density at radius 1 is 0.958 bits per heavy atom. The first-order valence-electron chi connectivity index (χ1n) is 7.57. The molecule has 1 fully saturated rings. The lowest BCUT2D eigenvalue weighted by atomic mass is 10.0. The molecule has 0 N–H and O–H groups in total. The minimum absolute atomic E-state index is 0.0290. The summed E-state index contributed by atoms with van der Waals surface area (Å²) in [5, 5.41) is 0. The number of alkyl halides is 6. The van der Waals surface area contributed by atoms with Crippen LogP contribution >= 0.6 is 0 Å². The van der Waals surface area contributed by atoms with Gasteiger partial charge in [0, 0.05) is 18.7 Å². The average Bonchev–Trinajstić information content (AvgIpc) is 2.69. The molecule has 134 valence electrons. The van der Waals surface area contributed by atoms with Crippen LogP contribution in [0.5, 0.6) is 0 Å². The Balaban J connectivity index is 2.39. The van der Waals surface area contributed by atoms with E-state index in [-0.39, 0.29) is 6.07 Å². The number of hydrogen-bond donors (Lipinski definition) is 0. The van der Waals surface area contributed by atoms with E-state index in [0.29, 0.717) is 44.0 Å². The second-order valence-electron chi connectivity index (χ2n) is 6.12. The van der Waals surface area contributed by atoms with Gasteiger partial charge in [-0.3, -0.25) is 4.79 Å². The van der Waals surface area contributed by atoms with E-state index in [0.717, 1.165) is 6.42 Å². The van der Waals surface area contributed by atoms with Crippen molar-refractivity contribution in [3.05, 3.63) is 34.9 Å². The average molecular weight is 353 g/mol. The van der Waals surface area contributed by atoms with Gasteiger partial charge in [-0.2, -0.15) is 26.3 Å². The van der Waals surface area contributed by atoms with Crippen molar-refractivity contribution in [2.24, 2.45) is 5.92 Å². The van der Waals surface area contributed by atoms with Gasteiger partial charge in [0.1, 0.15) is 0 Å². The zero-order valence-corrected chi connectivity index (χ0v) is 13.0. The highest BCUT2D eigenvalue weighted by Gasteiger charge is 2.38. The first kappa shape index (κ1) is 18.6. The predicted molar refractivity (Wildman–Crippen MR) is 75.4 cm³/mol. The quantitative estimate of drug-likeness (QED) is 0.652. The monoisotopic (exact) mass is 353 g/mol. The van der Waals surface area contributed by atoms with E-state index in [9.17, 15) is 31.1 Å². The second-order valence-corrected chi connectivity index (χ2v) is 6.12. The Morgan fingerprint density at radius 2 is 1.50 bits per heavy atom. The van der Waals surface area contributed by atoms with Crippen LogP contribution in [-0.4, -0.2) is 23.9 Å². The van der Waals surface area contributed by atoms with Crippen LogP contribution in [0.3, 0.4) is 0 Å². The molecule has 0 bridgehead atoms. The number of benzene rings is 1. The van der Waals surface area contributed by atoms with Crippen molar-refractivity contribution in [3.8, 4) is 0 Å². The van der Waals surface area contributed by atoms with Crippen molar-refractivity contribution in [2.75, 3.05) is 13.1 Å². The van der Waals surface area contributed by atoms with Gasteiger partial charge in [-0.15, -0.1) is 0 Å². The molecule has 24 heavy (non-hydrogen) atoms. The van der Waals surface area contributed by atoms with Gasteiger partial charge in [-0.1, -0.05) is 6.92 Å². The number of likely N-dealkylation sites (tertiary alicyclic amines) is 1. The van der Waals surface area contributed by atoms with Crippen LogP contribution in [0.15, 0.2) is 18.2 Å². The number of nitrogens with zero attached hydrogens (tertiary/aromatic N) is 1. The molecule has 1 unspecified atom stereocenters. The van der Waals surface area contributed by atoms with E-state index in [4.69, 9.17) is 0 Å². The lowest BCUT2D eigenvalue weighted by molar-refractivity contribution is -0.143. The van der Waals surface area contributed by atoms with Gasteiger partial charge in [0.2, 0.25) is 0 Å². The maximum Gasteiger partial charge on any atom is 0.416 e. The van der Waals surface area contributed by atoms with Crippen LogP contribution in [0.4, 0.5) is 26.3 Å². The molecule has 1 aromatic carbocycles. The molecular weight excluding hydrogens is 336 g/mol.